The Morgan fingerprint density at radius 2 is 1.05 bits per heavy atom. The van der Waals surface area contributed by atoms with Crippen molar-refractivity contribution in [2.75, 3.05) is 12.0 Å². The molecule has 3 unspecified atom stereocenters. The van der Waals surface area contributed by atoms with E-state index in [1.807, 2.05) is 115 Å². The fourth-order valence-corrected chi connectivity index (χ4v) is 8.01. The molecule has 0 N–H and O–H groups in total. The van der Waals surface area contributed by atoms with Crippen molar-refractivity contribution in [3.8, 4) is 17.2 Å². The third-order valence-corrected chi connectivity index (χ3v) is 11.4. The molecule has 1 aliphatic heterocycles. The van der Waals surface area contributed by atoms with Crippen LogP contribution in [-0.2, 0) is 42.3 Å². The molecule has 326 valence electrons. The minimum Gasteiger partial charge on any atom is -0.497 e. The van der Waals surface area contributed by atoms with Gasteiger partial charge in [0, 0.05) is 25.2 Å². The minimum atomic E-state index is -1.17. The predicted octanol–water partition coefficient (Wildman–Crippen LogP) is 9.84. The molecule has 0 aromatic heterocycles. The van der Waals surface area contributed by atoms with E-state index in [0.29, 0.717) is 30.0 Å². The number of rotatable bonds is 17. The average Bonchev–Trinajstić information content (AvgIpc) is 3.31. The molecule has 7 rings (SSSR count). The zero-order chi connectivity index (χ0) is 45.1. The summed E-state index contributed by atoms with van der Waals surface area (Å²) in [6.45, 7) is 3.56. The molecule has 1 heterocycles. The molecule has 11 nitrogen and oxygen atoms in total. The number of carbonyl (C=O) groups excluding carboxylic acids is 5. The molecule has 0 spiro atoms. The van der Waals surface area contributed by atoms with Gasteiger partial charge in [-0.05, 0) is 103 Å². The van der Waals surface area contributed by atoms with E-state index in [-0.39, 0.29) is 25.8 Å². The molecule has 0 saturated carbocycles. The van der Waals surface area contributed by atoms with Crippen molar-refractivity contribution in [1.29, 1.82) is 0 Å². The smallest absolute Gasteiger partial charge is 0.334 e. The Bertz CT molecular complexity index is 2470. The molecule has 3 amide bonds. The Hall–Kier alpha value is -7.53. The number of unbranched alkanes of at least 4 members (excludes halogenated alkanes) is 1. The SMILES string of the molecule is COc1ccc(C(C)(c2ccc(OC(C)=O)cc2)c2ccc(OC(=O)CCCCC(=O)OC3C(Cc4ccccc4)C(=O)N(c4ccccc4)C(=O)N3Cc3ccccc3)cc2)cc1. The first-order valence-electron chi connectivity index (χ1n) is 21.2. The highest BCUT2D eigenvalue weighted by atomic mass is 16.6. The van der Waals surface area contributed by atoms with Crippen LogP contribution >= 0.6 is 0 Å². The predicted molar refractivity (Wildman–Crippen MR) is 242 cm³/mol. The largest absolute Gasteiger partial charge is 0.497 e. The first kappa shape index (κ1) is 44.5. The number of nitrogens with zero attached hydrogens (tertiary/aromatic N) is 2. The molecule has 1 fully saturated rings. The quantitative estimate of drug-likeness (QED) is 0.0381. The topological polar surface area (TPSA) is 129 Å². The fourth-order valence-electron chi connectivity index (χ4n) is 8.01. The monoisotopic (exact) mass is 858 g/mol. The van der Waals surface area contributed by atoms with Gasteiger partial charge in [-0.2, -0.15) is 0 Å². The standard InChI is InChI=1S/C53H50N2O9/c1-37(56)62-45-31-25-41(26-32-45)53(2,40-23-29-44(61-3)30-24-40)42-27-33-46(34-28-42)63-48(57)21-13-14-22-49(58)64-51-47(35-38-15-7-4-8-16-38)50(59)55(43-19-11-6-12-20-43)52(60)54(51)36-39-17-9-5-10-18-39/h4-12,15-20,23-34,47,51H,13-14,21-22,35-36H2,1-3H3. The van der Waals surface area contributed by atoms with Crippen LogP contribution in [0.2, 0.25) is 0 Å². The first-order chi connectivity index (χ1) is 31.0. The second-order valence-corrected chi connectivity index (χ2v) is 15.8. The van der Waals surface area contributed by atoms with Crippen molar-refractivity contribution in [1.82, 2.24) is 4.90 Å². The van der Waals surface area contributed by atoms with Crippen LogP contribution in [0.4, 0.5) is 10.5 Å². The molecule has 0 aliphatic carbocycles. The van der Waals surface area contributed by atoms with Crippen LogP contribution in [0, 0.1) is 5.92 Å². The highest BCUT2D eigenvalue weighted by Crippen LogP contribution is 2.41. The number of urea groups is 1. The summed E-state index contributed by atoms with van der Waals surface area (Å²) in [7, 11) is 1.62. The van der Waals surface area contributed by atoms with Gasteiger partial charge in [0.1, 0.15) is 17.2 Å². The van der Waals surface area contributed by atoms with Crippen molar-refractivity contribution < 1.29 is 42.9 Å². The zero-order valence-corrected chi connectivity index (χ0v) is 36.1. The van der Waals surface area contributed by atoms with Gasteiger partial charge in [-0.3, -0.25) is 24.1 Å². The Morgan fingerprint density at radius 1 is 0.578 bits per heavy atom. The lowest BCUT2D eigenvalue weighted by molar-refractivity contribution is -0.166. The molecule has 0 bridgehead atoms. The number of esters is 3. The second-order valence-electron chi connectivity index (χ2n) is 15.8. The Kier molecular flexibility index (Phi) is 14.3. The van der Waals surface area contributed by atoms with E-state index in [9.17, 15) is 24.0 Å². The van der Waals surface area contributed by atoms with Crippen LogP contribution in [0.5, 0.6) is 17.2 Å². The van der Waals surface area contributed by atoms with E-state index in [1.54, 1.807) is 55.6 Å². The highest BCUT2D eigenvalue weighted by Gasteiger charge is 2.49. The minimum absolute atomic E-state index is 0.0354. The Morgan fingerprint density at radius 3 is 1.56 bits per heavy atom. The summed E-state index contributed by atoms with van der Waals surface area (Å²) in [5, 5.41) is 0. The number of amides is 3. The number of benzene rings is 6. The van der Waals surface area contributed by atoms with Gasteiger partial charge in [-0.1, -0.05) is 115 Å². The van der Waals surface area contributed by atoms with Gasteiger partial charge in [0.05, 0.1) is 25.3 Å². The molecule has 0 radical (unpaired) electrons. The third kappa shape index (κ3) is 10.6. The van der Waals surface area contributed by atoms with Gasteiger partial charge >= 0.3 is 23.9 Å². The van der Waals surface area contributed by atoms with Crippen molar-refractivity contribution in [2.24, 2.45) is 5.92 Å². The average molecular weight is 859 g/mol. The van der Waals surface area contributed by atoms with Crippen LogP contribution < -0.4 is 19.1 Å². The van der Waals surface area contributed by atoms with Crippen LogP contribution in [0.15, 0.2) is 164 Å². The fraction of sp³-hybridized carbons (Fsp3) is 0.226. The number of para-hydroxylation sites is 1. The van der Waals surface area contributed by atoms with Crippen LogP contribution in [0.1, 0.15) is 67.3 Å². The van der Waals surface area contributed by atoms with Gasteiger partial charge in [0.25, 0.3) is 0 Å². The van der Waals surface area contributed by atoms with Gasteiger partial charge < -0.3 is 18.9 Å². The lowest BCUT2D eigenvalue weighted by Crippen LogP contribution is -2.63. The molecule has 6 aromatic rings. The normalized spacial score (nSPS) is 15.8. The zero-order valence-electron chi connectivity index (χ0n) is 36.1. The summed E-state index contributed by atoms with van der Waals surface area (Å²) in [5.74, 6) is -1.26. The lowest BCUT2D eigenvalue weighted by Gasteiger charge is -2.44. The van der Waals surface area contributed by atoms with Gasteiger partial charge in [-0.25, -0.2) is 9.69 Å². The maximum absolute atomic E-state index is 14.3. The van der Waals surface area contributed by atoms with Crippen LogP contribution in [0.3, 0.4) is 0 Å². The Labute approximate surface area is 373 Å². The summed E-state index contributed by atoms with van der Waals surface area (Å²) in [6, 6.07) is 49.5. The molecular formula is C53H50N2O9. The van der Waals surface area contributed by atoms with Crippen LogP contribution in [-0.4, -0.2) is 48.1 Å². The summed E-state index contributed by atoms with van der Waals surface area (Å²) in [5.41, 5.74) is 4.32. The number of carbonyl (C=O) groups is 5. The van der Waals surface area contributed by atoms with E-state index in [1.165, 1.54) is 16.7 Å². The number of methoxy groups -OCH3 is 1. The first-order valence-corrected chi connectivity index (χ1v) is 21.2. The van der Waals surface area contributed by atoms with Gasteiger partial charge in [0.2, 0.25) is 5.91 Å². The van der Waals surface area contributed by atoms with Gasteiger partial charge in [-0.15, -0.1) is 0 Å². The van der Waals surface area contributed by atoms with Crippen molar-refractivity contribution in [3.05, 3.63) is 192 Å². The highest BCUT2D eigenvalue weighted by molar-refractivity contribution is 6.17. The van der Waals surface area contributed by atoms with E-state index in [4.69, 9.17) is 18.9 Å². The van der Waals surface area contributed by atoms with E-state index in [0.717, 1.165) is 33.6 Å². The Balaban J connectivity index is 1.00. The molecule has 1 saturated heterocycles. The third-order valence-electron chi connectivity index (χ3n) is 11.4. The van der Waals surface area contributed by atoms with Crippen molar-refractivity contribution in [3.63, 3.8) is 0 Å². The van der Waals surface area contributed by atoms with Crippen LogP contribution in [0.25, 0.3) is 0 Å². The van der Waals surface area contributed by atoms with E-state index in [2.05, 4.69) is 6.92 Å². The van der Waals surface area contributed by atoms with Crippen molar-refractivity contribution >= 4 is 35.5 Å². The number of imide groups is 1. The summed E-state index contributed by atoms with van der Waals surface area (Å²) < 4.78 is 22.5. The molecule has 6 aromatic carbocycles. The summed E-state index contributed by atoms with van der Waals surface area (Å²) in [6.07, 6.45) is -0.264. The lowest BCUT2D eigenvalue weighted by atomic mass is 9.71. The summed E-state index contributed by atoms with van der Waals surface area (Å²) in [4.78, 5) is 69.3. The number of hydrogen-bond acceptors (Lipinski definition) is 9. The maximum Gasteiger partial charge on any atom is 0.334 e. The van der Waals surface area contributed by atoms with Crippen molar-refractivity contribution in [2.45, 2.75) is 64.1 Å². The van der Waals surface area contributed by atoms with E-state index < -0.39 is 47.4 Å². The molecule has 64 heavy (non-hydrogen) atoms. The summed E-state index contributed by atoms with van der Waals surface area (Å²) >= 11 is 0. The number of anilines is 1. The maximum atomic E-state index is 14.3. The number of ether oxygens (including phenoxy) is 4. The number of hydrogen-bond donors (Lipinski definition) is 0. The molecule has 11 heteroatoms. The van der Waals surface area contributed by atoms with E-state index >= 15 is 0 Å². The molecular weight excluding hydrogens is 809 g/mol. The second kappa shape index (κ2) is 20.6. The van der Waals surface area contributed by atoms with Gasteiger partial charge in [0.15, 0.2) is 6.23 Å². The molecule has 3 atom stereocenters. The molecule has 1 aliphatic rings.